The molecule has 2 aliphatic carbocycles. The molecule has 1 aromatic rings. The number of fused-ring (bicyclic) bond motifs is 1. The maximum atomic E-state index is 13.2. The normalized spacial score (nSPS) is 33.0. The zero-order valence-electron chi connectivity index (χ0n) is 15.2. The Labute approximate surface area is 160 Å². The van der Waals surface area contributed by atoms with E-state index in [9.17, 15) is 9.90 Å². The number of hydrogen-bond acceptors (Lipinski definition) is 3. The van der Waals surface area contributed by atoms with Crippen LogP contribution in [0.4, 0.5) is 0 Å². The minimum Gasteiger partial charge on any atom is -0.379 e. The van der Waals surface area contributed by atoms with Gasteiger partial charge in [-0.05, 0) is 68.1 Å². The van der Waals surface area contributed by atoms with E-state index < -0.39 is 6.23 Å². The van der Waals surface area contributed by atoms with Gasteiger partial charge in [-0.25, -0.2) is 0 Å². The van der Waals surface area contributed by atoms with Crippen LogP contribution in [0.15, 0.2) is 24.3 Å². The number of carbonyl (C=O) groups is 1. The lowest BCUT2D eigenvalue weighted by atomic mass is 9.84. The minimum atomic E-state index is -0.407. The predicted octanol–water partition coefficient (Wildman–Crippen LogP) is 3.78. The number of piperidine rings is 1. The molecule has 0 spiro atoms. The first kappa shape index (κ1) is 18.3. The Morgan fingerprint density at radius 3 is 2.73 bits per heavy atom. The fourth-order valence-electron chi connectivity index (χ4n) is 5.41. The molecule has 3 aliphatic rings. The van der Waals surface area contributed by atoms with Crippen molar-refractivity contribution in [3.05, 3.63) is 34.9 Å². The van der Waals surface area contributed by atoms with E-state index in [4.69, 9.17) is 11.6 Å². The summed E-state index contributed by atoms with van der Waals surface area (Å²) < 4.78 is 0. The van der Waals surface area contributed by atoms with Gasteiger partial charge in [0.05, 0.1) is 6.04 Å². The van der Waals surface area contributed by atoms with Gasteiger partial charge in [-0.3, -0.25) is 10.1 Å². The highest BCUT2D eigenvalue weighted by Gasteiger charge is 2.43. The summed E-state index contributed by atoms with van der Waals surface area (Å²) in [5.41, 5.74) is 1.13. The van der Waals surface area contributed by atoms with Gasteiger partial charge in [-0.2, -0.15) is 0 Å². The Morgan fingerprint density at radius 1 is 1.15 bits per heavy atom. The number of hydrogen-bond donors (Lipinski definition) is 3. The Balaban J connectivity index is 1.49. The first-order chi connectivity index (χ1) is 12.6. The van der Waals surface area contributed by atoms with E-state index in [-0.39, 0.29) is 23.9 Å². The Hall–Kier alpha value is -1.10. The molecule has 26 heavy (non-hydrogen) atoms. The number of nitrogens with one attached hydrogen (secondary N) is 2. The van der Waals surface area contributed by atoms with Gasteiger partial charge in [0, 0.05) is 17.0 Å². The molecule has 4 nitrogen and oxygen atoms in total. The fraction of sp³-hybridized carbons (Fsp3) is 0.667. The molecule has 3 unspecified atom stereocenters. The van der Waals surface area contributed by atoms with E-state index in [1.165, 1.54) is 25.7 Å². The van der Waals surface area contributed by atoms with Gasteiger partial charge in [0.2, 0.25) is 5.91 Å². The van der Waals surface area contributed by atoms with Crippen molar-refractivity contribution >= 4 is 17.5 Å². The van der Waals surface area contributed by atoms with E-state index in [2.05, 4.69) is 16.7 Å². The van der Waals surface area contributed by atoms with Crippen molar-refractivity contribution in [2.24, 2.45) is 17.8 Å². The maximum Gasteiger partial charge on any atom is 0.223 e. The SMILES string of the molecule is O=C(N[C@H](c1cccc(Cl)c1)C1CCCC1)[C@@H]1CCC2NC(O)CCC21. The van der Waals surface area contributed by atoms with Crippen LogP contribution < -0.4 is 10.6 Å². The van der Waals surface area contributed by atoms with Gasteiger partial charge in [0.15, 0.2) is 0 Å². The molecule has 3 fully saturated rings. The summed E-state index contributed by atoms with van der Waals surface area (Å²) in [5.74, 6) is 1.10. The van der Waals surface area contributed by atoms with Gasteiger partial charge >= 0.3 is 0 Å². The van der Waals surface area contributed by atoms with Crippen LogP contribution >= 0.6 is 11.6 Å². The topological polar surface area (TPSA) is 61.4 Å². The van der Waals surface area contributed by atoms with E-state index in [1.54, 1.807) is 0 Å². The Morgan fingerprint density at radius 2 is 1.96 bits per heavy atom. The minimum absolute atomic E-state index is 0.0584. The average molecular weight is 377 g/mol. The van der Waals surface area contributed by atoms with Gasteiger partial charge in [-0.1, -0.05) is 36.6 Å². The van der Waals surface area contributed by atoms with Crippen LogP contribution in [-0.2, 0) is 4.79 Å². The van der Waals surface area contributed by atoms with Gasteiger partial charge in [0.25, 0.3) is 0 Å². The number of aliphatic hydroxyl groups is 1. The number of aliphatic hydroxyl groups excluding tert-OH is 1. The largest absolute Gasteiger partial charge is 0.379 e. The molecule has 1 amide bonds. The van der Waals surface area contributed by atoms with Crippen molar-refractivity contribution in [2.45, 2.75) is 69.7 Å². The summed E-state index contributed by atoms with van der Waals surface area (Å²) in [6, 6.07) is 8.30. The quantitative estimate of drug-likeness (QED) is 0.749. The summed E-state index contributed by atoms with van der Waals surface area (Å²) in [6.45, 7) is 0. The second-order valence-corrected chi connectivity index (χ2v) is 8.74. The molecule has 3 N–H and O–H groups in total. The molecule has 1 aromatic carbocycles. The van der Waals surface area contributed by atoms with Crippen molar-refractivity contribution in [3.63, 3.8) is 0 Å². The van der Waals surface area contributed by atoms with E-state index >= 15 is 0 Å². The molecule has 5 atom stereocenters. The van der Waals surface area contributed by atoms with Crippen LogP contribution in [0.5, 0.6) is 0 Å². The highest BCUT2D eigenvalue weighted by Crippen LogP contribution is 2.41. The molecule has 1 saturated heterocycles. The van der Waals surface area contributed by atoms with Crippen molar-refractivity contribution in [2.75, 3.05) is 0 Å². The molecule has 0 bridgehead atoms. The number of halogens is 1. The molecular formula is C21H29ClN2O2. The van der Waals surface area contributed by atoms with Crippen molar-refractivity contribution in [1.29, 1.82) is 0 Å². The third-order valence-corrected chi connectivity index (χ3v) is 6.95. The average Bonchev–Trinajstić information content (AvgIpc) is 3.28. The molecule has 1 heterocycles. The molecule has 0 aromatic heterocycles. The number of benzene rings is 1. The van der Waals surface area contributed by atoms with Crippen LogP contribution in [0.25, 0.3) is 0 Å². The summed E-state index contributed by atoms with van der Waals surface area (Å²) in [5, 5.41) is 17.2. The third-order valence-electron chi connectivity index (χ3n) is 6.72. The second kappa shape index (κ2) is 7.87. The van der Waals surface area contributed by atoms with E-state index in [0.29, 0.717) is 11.8 Å². The predicted molar refractivity (Wildman–Crippen MR) is 103 cm³/mol. The van der Waals surface area contributed by atoms with Crippen LogP contribution in [0.2, 0.25) is 5.02 Å². The molecule has 4 rings (SSSR count). The van der Waals surface area contributed by atoms with Gasteiger partial charge in [-0.15, -0.1) is 0 Å². The molecule has 0 radical (unpaired) electrons. The molecule has 142 valence electrons. The summed E-state index contributed by atoms with van der Waals surface area (Å²) in [6.07, 6.45) is 7.98. The number of amides is 1. The molecule has 5 heteroatoms. The summed E-state index contributed by atoms with van der Waals surface area (Å²) in [7, 11) is 0. The van der Waals surface area contributed by atoms with Crippen molar-refractivity contribution in [1.82, 2.24) is 10.6 Å². The Bertz CT molecular complexity index is 647. The van der Waals surface area contributed by atoms with Gasteiger partial charge in [0.1, 0.15) is 6.23 Å². The number of rotatable bonds is 4. The first-order valence-corrected chi connectivity index (χ1v) is 10.5. The van der Waals surface area contributed by atoms with Crippen LogP contribution in [-0.4, -0.2) is 23.3 Å². The highest BCUT2D eigenvalue weighted by atomic mass is 35.5. The molecular weight excluding hydrogens is 348 g/mol. The van der Waals surface area contributed by atoms with Crippen molar-refractivity contribution < 1.29 is 9.90 Å². The fourth-order valence-corrected chi connectivity index (χ4v) is 5.61. The third kappa shape index (κ3) is 3.78. The summed E-state index contributed by atoms with van der Waals surface area (Å²) in [4.78, 5) is 13.2. The van der Waals surface area contributed by atoms with Crippen molar-refractivity contribution in [3.8, 4) is 0 Å². The molecule has 2 saturated carbocycles. The smallest absolute Gasteiger partial charge is 0.223 e. The van der Waals surface area contributed by atoms with Crippen LogP contribution in [0.1, 0.15) is 63.0 Å². The monoisotopic (exact) mass is 376 g/mol. The zero-order chi connectivity index (χ0) is 18.1. The lowest BCUT2D eigenvalue weighted by molar-refractivity contribution is -0.128. The highest BCUT2D eigenvalue weighted by molar-refractivity contribution is 6.30. The van der Waals surface area contributed by atoms with Gasteiger partial charge < -0.3 is 10.4 Å². The van der Waals surface area contributed by atoms with Crippen LogP contribution in [0, 0.1) is 17.8 Å². The van der Waals surface area contributed by atoms with E-state index in [0.717, 1.165) is 36.3 Å². The van der Waals surface area contributed by atoms with E-state index in [1.807, 2.05) is 18.2 Å². The second-order valence-electron chi connectivity index (χ2n) is 8.30. The maximum absolute atomic E-state index is 13.2. The first-order valence-electron chi connectivity index (χ1n) is 10.1. The lowest BCUT2D eigenvalue weighted by Crippen LogP contribution is -2.48. The Kier molecular flexibility index (Phi) is 5.53. The molecule has 1 aliphatic heterocycles. The zero-order valence-corrected chi connectivity index (χ0v) is 15.9. The number of carbonyl (C=O) groups excluding carboxylic acids is 1. The summed E-state index contributed by atoms with van der Waals surface area (Å²) >= 11 is 6.22. The van der Waals surface area contributed by atoms with Crippen LogP contribution in [0.3, 0.4) is 0 Å². The lowest BCUT2D eigenvalue weighted by Gasteiger charge is -2.34. The standard InChI is InChI=1S/C21H29ClN2O2/c22-15-7-3-6-14(12-15)20(13-4-1-2-5-13)24-21(26)17-8-10-18-16(17)9-11-19(25)23-18/h3,6-7,12-13,16-20,23,25H,1-2,4-5,8-11H2,(H,24,26)/t16?,17-,18?,19?,20+/m1/s1.